The molecule has 0 fully saturated rings. The molecule has 0 aliphatic carbocycles. The van der Waals surface area contributed by atoms with Crippen molar-refractivity contribution in [2.75, 3.05) is 14.2 Å². The van der Waals surface area contributed by atoms with Gasteiger partial charge in [0.25, 0.3) is 0 Å². The summed E-state index contributed by atoms with van der Waals surface area (Å²) < 4.78 is 10.1. The number of ether oxygens (including phenoxy) is 2. The lowest BCUT2D eigenvalue weighted by atomic mass is 10.1. The molecule has 4 heteroatoms. The molecule has 0 aromatic rings. The number of hydrogen-bond donors (Lipinski definition) is 1. The lowest BCUT2D eigenvalue weighted by molar-refractivity contribution is -0.218. The number of carboxylic acids is 1. The third kappa shape index (κ3) is 3.19. The van der Waals surface area contributed by atoms with E-state index < -0.39 is 11.8 Å². The van der Waals surface area contributed by atoms with Crippen LogP contribution in [0.3, 0.4) is 0 Å². The highest BCUT2D eigenvalue weighted by Gasteiger charge is 2.31. The average Bonchev–Trinajstić information content (AvgIpc) is 2.03. The van der Waals surface area contributed by atoms with Gasteiger partial charge in [-0.25, -0.2) is 0 Å². The van der Waals surface area contributed by atoms with Gasteiger partial charge < -0.3 is 14.6 Å². The highest BCUT2D eigenvalue weighted by Crippen LogP contribution is 2.22. The number of aliphatic carboxylic acids is 1. The Morgan fingerprint density at radius 1 is 1.42 bits per heavy atom. The Labute approximate surface area is 72.5 Å². The van der Waals surface area contributed by atoms with Crippen LogP contribution in [0.4, 0.5) is 0 Å². The fourth-order valence-electron chi connectivity index (χ4n) is 1.13. The van der Waals surface area contributed by atoms with Crippen LogP contribution in [0.2, 0.25) is 0 Å². The van der Waals surface area contributed by atoms with Crippen LogP contribution in [0, 0.1) is 0 Å². The van der Waals surface area contributed by atoms with Gasteiger partial charge in [-0.05, 0) is 0 Å². The van der Waals surface area contributed by atoms with Crippen molar-refractivity contribution in [2.45, 2.75) is 32.0 Å². The Morgan fingerprint density at radius 2 is 1.92 bits per heavy atom. The summed E-state index contributed by atoms with van der Waals surface area (Å²) in [6, 6.07) is 0. The predicted molar refractivity (Wildman–Crippen MR) is 43.9 cm³/mol. The number of methoxy groups -OCH3 is 2. The average molecular weight is 176 g/mol. The molecular weight excluding hydrogens is 160 g/mol. The van der Waals surface area contributed by atoms with E-state index in [4.69, 9.17) is 14.6 Å². The number of hydrogen-bond acceptors (Lipinski definition) is 3. The molecule has 0 aromatic heterocycles. The third-order valence-electron chi connectivity index (χ3n) is 1.80. The van der Waals surface area contributed by atoms with E-state index >= 15 is 0 Å². The largest absolute Gasteiger partial charge is 0.481 e. The second-order valence-corrected chi connectivity index (χ2v) is 2.64. The first-order valence-electron chi connectivity index (χ1n) is 3.92. The number of carboxylic acid groups (broad SMARTS) is 1. The summed E-state index contributed by atoms with van der Waals surface area (Å²) in [4.78, 5) is 10.4. The first-order chi connectivity index (χ1) is 5.60. The lowest BCUT2D eigenvalue weighted by Gasteiger charge is -2.28. The van der Waals surface area contributed by atoms with E-state index in [1.165, 1.54) is 14.2 Å². The van der Waals surface area contributed by atoms with Crippen LogP contribution >= 0.6 is 0 Å². The normalized spacial score (nSPS) is 11.6. The van der Waals surface area contributed by atoms with Crippen LogP contribution < -0.4 is 0 Å². The summed E-state index contributed by atoms with van der Waals surface area (Å²) in [6.07, 6.45) is 1.30. The van der Waals surface area contributed by atoms with Crippen molar-refractivity contribution in [1.29, 1.82) is 0 Å². The molecule has 0 rings (SSSR count). The summed E-state index contributed by atoms with van der Waals surface area (Å²) >= 11 is 0. The maximum absolute atomic E-state index is 10.4. The minimum Gasteiger partial charge on any atom is -0.481 e. The molecule has 0 saturated heterocycles. The quantitative estimate of drug-likeness (QED) is 0.619. The molecule has 4 nitrogen and oxygen atoms in total. The smallest absolute Gasteiger partial charge is 0.308 e. The van der Waals surface area contributed by atoms with Crippen molar-refractivity contribution in [2.24, 2.45) is 0 Å². The minimum atomic E-state index is -0.944. The number of rotatable bonds is 6. The van der Waals surface area contributed by atoms with Crippen LogP contribution in [0.15, 0.2) is 0 Å². The van der Waals surface area contributed by atoms with E-state index in [2.05, 4.69) is 0 Å². The maximum atomic E-state index is 10.4. The second kappa shape index (κ2) is 5.11. The van der Waals surface area contributed by atoms with Gasteiger partial charge in [-0.1, -0.05) is 13.3 Å². The van der Waals surface area contributed by atoms with Gasteiger partial charge in [0.1, 0.15) is 0 Å². The van der Waals surface area contributed by atoms with Crippen molar-refractivity contribution in [3.8, 4) is 0 Å². The molecule has 0 aliphatic rings. The highest BCUT2D eigenvalue weighted by atomic mass is 16.7. The molecular formula is C8H16O4. The Kier molecular flexibility index (Phi) is 4.85. The van der Waals surface area contributed by atoms with Crippen LogP contribution in [0.5, 0.6) is 0 Å². The molecule has 0 spiro atoms. The maximum Gasteiger partial charge on any atom is 0.308 e. The zero-order valence-corrected chi connectivity index (χ0v) is 7.79. The minimum absolute atomic E-state index is 0.117. The second-order valence-electron chi connectivity index (χ2n) is 2.64. The van der Waals surface area contributed by atoms with E-state index in [9.17, 15) is 4.79 Å². The van der Waals surface area contributed by atoms with Gasteiger partial charge in [0, 0.05) is 20.6 Å². The van der Waals surface area contributed by atoms with Gasteiger partial charge in [-0.3, -0.25) is 4.79 Å². The van der Waals surface area contributed by atoms with Crippen molar-refractivity contribution < 1.29 is 19.4 Å². The molecule has 0 aromatic carbocycles. The van der Waals surface area contributed by atoms with Crippen LogP contribution in [-0.4, -0.2) is 31.1 Å². The van der Waals surface area contributed by atoms with E-state index in [-0.39, 0.29) is 6.42 Å². The van der Waals surface area contributed by atoms with E-state index in [0.717, 1.165) is 6.42 Å². The third-order valence-corrected chi connectivity index (χ3v) is 1.80. The molecule has 0 heterocycles. The summed E-state index contributed by atoms with van der Waals surface area (Å²) in [6.45, 7) is 1.95. The van der Waals surface area contributed by atoms with Gasteiger partial charge in [0.05, 0.1) is 6.42 Å². The van der Waals surface area contributed by atoms with Crippen LogP contribution in [-0.2, 0) is 14.3 Å². The summed E-state index contributed by atoms with van der Waals surface area (Å²) in [5.74, 6) is -1.85. The summed E-state index contributed by atoms with van der Waals surface area (Å²) in [7, 11) is 2.92. The van der Waals surface area contributed by atoms with E-state index in [1.807, 2.05) is 6.92 Å². The predicted octanol–water partition coefficient (Wildman–Crippen LogP) is 1.25. The zero-order chi connectivity index (χ0) is 9.61. The monoisotopic (exact) mass is 176 g/mol. The molecule has 0 unspecified atom stereocenters. The van der Waals surface area contributed by atoms with Crippen molar-refractivity contribution in [3.63, 3.8) is 0 Å². The van der Waals surface area contributed by atoms with Gasteiger partial charge in [-0.15, -0.1) is 0 Å². The van der Waals surface area contributed by atoms with Gasteiger partial charge >= 0.3 is 5.97 Å². The molecule has 1 N–H and O–H groups in total. The summed E-state index contributed by atoms with van der Waals surface area (Å²) in [5.41, 5.74) is 0. The Hall–Kier alpha value is -0.610. The molecule has 0 radical (unpaired) electrons. The van der Waals surface area contributed by atoms with Gasteiger partial charge in [-0.2, -0.15) is 0 Å². The van der Waals surface area contributed by atoms with Crippen molar-refractivity contribution in [3.05, 3.63) is 0 Å². The van der Waals surface area contributed by atoms with Crippen molar-refractivity contribution in [1.82, 2.24) is 0 Å². The van der Waals surface area contributed by atoms with Crippen molar-refractivity contribution >= 4 is 5.97 Å². The van der Waals surface area contributed by atoms with Crippen LogP contribution in [0.25, 0.3) is 0 Å². The standard InChI is InChI=1S/C8H16O4/c1-4-5-8(11-2,12-3)6-7(9)10/h4-6H2,1-3H3,(H,9,10). The van der Waals surface area contributed by atoms with E-state index in [1.54, 1.807) is 0 Å². The molecule has 72 valence electrons. The fraction of sp³-hybridized carbons (Fsp3) is 0.875. The molecule has 0 amide bonds. The first-order valence-corrected chi connectivity index (χ1v) is 3.92. The Bertz CT molecular complexity index is 140. The Morgan fingerprint density at radius 3 is 2.17 bits per heavy atom. The Balaban J connectivity index is 4.23. The molecule has 0 aliphatic heterocycles. The van der Waals surface area contributed by atoms with Gasteiger partial charge in [0.15, 0.2) is 5.79 Å². The topological polar surface area (TPSA) is 55.8 Å². The molecule has 0 atom stereocenters. The molecule has 0 saturated carbocycles. The van der Waals surface area contributed by atoms with E-state index in [0.29, 0.717) is 6.42 Å². The fourth-order valence-corrected chi connectivity index (χ4v) is 1.13. The van der Waals surface area contributed by atoms with Gasteiger partial charge in [0.2, 0.25) is 0 Å². The SMILES string of the molecule is CCCC(CC(=O)O)(OC)OC. The highest BCUT2D eigenvalue weighted by molar-refractivity contribution is 5.67. The molecule has 0 bridgehead atoms. The molecule has 12 heavy (non-hydrogen) atoms. The summed E-state index contributed by atoms with van der Waals surface area (Å²) in [5, 5.41) is 8.58. The first kappa shape index (κ1) is 11.4. The zero-order valence-electron chi connectivity index (χ0n) is 7.79. The van der Waals surface area contributed by atoms with Crippen LogP contribution in [0.1, 0.15) is 26.2 Å². The number of carbonyl (C=O) groups is 1. The lowest BCUT2D eigenvalue weighted by Crippen LogP contribution is -2.36.